The second-order valence-electron chi connectivity index (χ2n) is 16.1. The molecule has 3 unspecified atom stereocenters. The molecule has 3 aliphatic carbocycles. The first-order chi connectivity index (χ1) is 22.9. The Morgan fingerprint density at radius 2 is 1.63 bits per heavy atom. The number of amides is 5. The van der Waals surface area contributed by atoms with Gasteiger partial charge in [-0.2, -0.15) is 0 Å². The van der Waals surface area contributed by atoms with Crippen LogP contribution in [-0.4, -0.2) is 94.4 Å². The van der Waals surface area contributed by atoms with Gasteiger partial charge in [-0.05, 0) is 62.7 Å². The van der Waals surface area contributed by atoms with Crippen LogP contribution in [0, 0.1) is 17.3 Å². The van der Waals surface area contributed by atoms with E-state index in [2.05, 4.69) is 21.3 Å². The van der Waals surface area contributed by atoms with Crippen molar-refractivity contribution < 1.29 is 32.4 Å². The van der Waals surface area contributed by atoms with Crippen LogP contribution in [0.2, 0.25) is 0 Å². The molecule has 5 fully saturated rings. The maximum Gasteiger partial charge on any atom is 0.315 e. The van der Waals surface area contributed by atoms with Crippen LogP contribution < -0.4 is 21.3 Å². The minimum atomic E-state index is -3.38. The van der Waals surface area contributed by atoms with Crippen LogP contribution in [0.15, 0.2) is 0 Å². The van der Waals surface area contributed by atoms with E-state index < -0.39 is 84.0 Å². The normalized spacial score (nSPS) is 29.5. The van der Waals surface area contributed by atoms with E-state index in [1.165, 1.54) is 4.90 Å². The molecule has 0 spiro atoms. The molecule has 0 aromatic heterocycles. The van der Waals surface area contributed by atoms with Crippen molar-refractivity contribution in [2.75, 3.05) is 12.3 Å². The molecule has 3 saturated carbocycles. The number of rotatable bonds is 12. The van der Waals surface area contributed by atoms with E-state index in [9.17, 15) is 32.4 Å². The standard InChI is InChI=1S/C34H53Cl2N5O7S/c1-5-6-11-23(26(42)29(44)37-20-13-14-20)38-28(43)25-21-18-34(35,36)22(21)19-41(25)30(45)27(32(2,3)4)39-31(46)40-33(15-8-7-9-16-33)24-12-10-17-49(24,47)48/h20-25,27H,5-19H2,1-4H3,(H,37,44)(H,38,43)(H2,39,40,46)/t21?,22?,23-,24?,25-,27+/m0/s1. The maximum absolute atomic E-state index is 14.5. The van der Waals surface area contributed by atoms with E-state index in [0.717, 1.165) is 38.5 Å². The number of hydrogen-bond donors (Lipinski definition) is 4. The van der Waals surface area contributed by atoms with E-state index in [0.29, 0.717) is 32.1 Å². The van der Waals surface area contributed by atoms with Gasteiger partial charge in [-0.1, -0.05) is 59.8 Å². The Kier molecular flexibility index (Phi) is 11.3. The molecule has 0 bridgehead atoms. The lowest BCUT2D eigenvalue weighted by Crippen LogP contribution is -2.65. The van der Waals surface area contributed by atoms with Crippen molar-refractivity contribution in [2.45, 2.75) is 150 Å². The van der Waals surface area contributed by atoms with Crippen molar-refractivity contribution in [3.8, 4) is 0 Å². The zero-order chi connectivity index (χ0) is 35.9. The maximum atomic E-state index is 14.5. The van der Waals surface area contributed by atoms with Gasteiger partial charge in [-0.25, -0.2) is 13.2 Å². The summed E-state index contributed by atoms with van der Waals surface area (Å²) in [6, 6.07) is -3.82. The van der Waals surface area contributed by atoms with Crippen LogP contribution in [0.4, 0.5) is 4.79 Å². The van der Waals surface area contributed by atoms with E-state index >= 15 is 0 Å². The molecule has 2 aliphatic heterocycles. The van der Waals surface area contributed by atoms with Gasteiger partial charge in [0.1, 0.15) is 16.4 Å². The van der Waals surface area contributed by atoms with Crippen LogP contribution in [0.5, 0.6) is 0 Å². The van der Waals surface area contributed by atoms with Crippen molar-refractivity contribution in [1.29, 1.82) is 0 Å². The summed E-state index contributed by atoms with van der Waals surface area (Å²) in [6.45, 7) is 7.43. The number of carbonyl (C=O) groups excluding carboxylic acids is 5. The fourth-order valence-electron chi connectivity index (χ4n) is 8.39. The number of sulfone groups is 1. The molecule has 6 atom stereocenters. The highest BCUT2D eigenvalue weighted by atomic mass is 35.5. The van der Waals surface area contributed by atoms with Crippen molar-refractivity contribution in [2.24, 2.45) is 17.3 Å². The van der Waals surface area contributed by atoms with Crippen molar-refractivity contribution in [3.63, 3.8) is 0 Å². The fraction of sp³-hybridized carbons (Fsp3) is 0.853. The second-order valence-corrected chi connectivity index (χ2v) is 19.9. The van der Waals surface area contributed by atoms with Gasteiger partial charge < -0.3 is 26.2 Å². The number of nitrogens with one attached hydrogen (secondary N) is 4. The number of halogens is 2. The number of hydrogen-bond acceptors (Lipinski definition) is 7. The Bertz CT molecular complexity index is 1420. The highest BCUT2D eigenvalue weighted by Crippen LogP contribution is 2.58. The first kappa shape index (κ1) is 38.1. The number of unbranched alkanes of at least 4 members (excludes halogenated alkanes) is 1. The third-order valence-corrected chi connectivity index (χ3v) is 14.6. The van der Waals surface area contributed by atoms with Gasteiger partial charge in [-0.3, -0.25) is 19.2 Å². The van der Waals surface area contributed by atoms with Crippen molar-refractivity contribution in [3.05, 3.63) is 0 Å². The predicted octanol–water partition coefficient (Wildman–Crippen LogP) is 3.52. The second kappa shape index (κ2) is 14.5. The number of alkyl halides is 2. The zero-order valence-corrected chi connectivity index (χ0v) is 31.4. The van der Waals surface area contributed by atoms with Crippen LogP contribution >= 0.6 is 23.2 Å². The lowest BCUT2D eigenvalue weighted by atomic mass is 9.71. The van der Waals surface area contributed by atoms with Crippen molar-refractivity contribution >= 4 is 62.6 Å². The smallest absolute Gasteiger partial charge is 0.315 e. The lowest BCUT2D eigenvalue weighted by molar-refractivity contribution is -0.144. The summed E-state index contributed by atoms with van der Waals surface area (Å²) in [6.07, 6.45) is 8.18. The Morgan fingerprint density at radius 1 is 0.959 bits per heavy atom. The number of Topliss-reactive ketones (excluding diaryl/α,β-unsaturated/α-hetero) is 1. The van der Waals surface area contributed by atoms with Gasteiger partial charge >= 0.3 is 6.03 Å². The number of fused-ring (bicyclic) bond motifs is 1. The molecule has 12 nitrogen and oxygen atoms in total. The molecule has 0 radical (unpaired) electrons. The van der Waals surface area contributed by atoms with Gasteiger partial charge in [0.15, 0.2) is 9.84 Å². The highest BCUT2D eigenvalue weighted by Gasteiger charge is 2.64. The number of nitrogens with zero attached hydrogens (tertiary/aromatic N) is 1. The first-order valence-electron chi connectivity index (χ1n) is 18.0. The monoisotopic (exact) mass is 745 g/mol. The number of urea groups is 1. The van der Waals surface area contributed by atoms with Gasteiger partial charge in [0, 0.05) is 18.5 Å². The van der Waals surface area contributed by atoms with Gasteiger partial charge in [0.2, 0.25) is 17.6 Å². The van der Waals surface area contributed by atoms with Crippen molar-refractivity contribution in [1.82, 2.24) is 26.2 Å². The SMILES string of the molecule is CCCC[C@H](NC(=O)[C@@H]1C2CC(Cl)(Cl)C2CN1C(=O)[C@@H](NC(=O)NC1(C2CCCS2(=O)=O)CCCCC1)C(C)(C)C)C(=O)C(=O)NC1CC1. The van der Waals surface area contributed by atoms with E-state index in [1.54, 1.807) is 20.8 Å². The fourth-order valence-corrected chi connectivity index (χ4v) is 11.6. The minimum Gasteiger partial charge on any atom is -0.347 e. The topological polar surface area (TPSA) is 171 Å². The third kappa shape index (κ3) is 8.19. The van der Waals surface area contributed by atoms with Crippen LogP contribution in [0.1, 0.15) is 111 Å². The summed E-state index contributed by atoms with van der Waals surface area (Å²) in [7, 11) is -3.38. The minimum absolute atomic E-state index is 0.0205. The molecule has 2 saturated heterocycles. The quantitative estimate of drug-likeness (QED) is 0.175. The molecule has 0 aromatic carbocycles. The Labute approximate surface area is 300 Å². The molecule has 5 amide bonds. The molecule has 5 rings (SSSR count). The average Bonchev–Trinajstić information content (AvgIpc) is 3.66. The Morgan fingerprint density at radius 3 is 2.18 bits per heavy atom. The lowest BCUT2D eigenvalue weighted by Gasteiger charge is -2.44. The number of ketones is 1. The van der Waals surface area contributed by atoms with Crippen LogP contribution in [0.25, 0.3) is 0 Å². The third-order valence-electron chi connectivity index (χ3n) is 11.3. The summed E-state index contributed by atoms with van der Waals surface area (Å²) in [5, 5.41) is 10.7. The summed E-state index contributed by atoms with van der Waals surface area (Å²) < 4.78 is 25.0. The van der Waals surface area contributed by atoms with Crippen LogP contribution in [0.3, 0.4) is 0 Å². The zero-order valence-electron chi connectivity index (χ0n) is 29.1. The molecule has 2 heterocycles. The number of carbonyl (C=O) groups is 5. The summed E-state index contributed by atoms with van der Waals surface area (Å²) >= 11 is 13.2. The molecule has 5 aliphatic rings. The Hall–Kier alpha value is -2.12. The van der Waals surface area contributed by atoms with E-state index in [1.807, 2.05) is 6.92 Å². The van der Waals surface area contributed by atoms with E-state index in [-0.39, 0.29) is 37.1 Å². The largest absolute Gasteiger partial charge is 0.347 e. The predicted molar refractivity (Wildman–Crippen MR) is 187 cm³/mol. The summed E-state index contributed by atoms with van der Waals surface area (Å²) in [5.74, 6) is -3.20. The molecule has 0 aromatic rings. The summed E-state index contributed by atoms with van der Waals surface area (Å²) in [4.78, 5) is 69.7. The van der Waals surface area contributed by atoms with Gasteiger partial charge in [-0.15, -0.1) is 23.2 Å². The molecule has 4 N–H and O–H groups in total. The molecule has 276 valence electrons. The summed E-state index contributed by atoms with van der Waals surface area (Å²) in [5.41, 5.74) is -1.73. The van der Waals surface area contributed by atoms with Crippen LogP contribution in [-0.2, 0) is 29.0 Å². The highest BCUT2D eigenvalue weighted by molar-refractivity contribution is 7.92. The molecular weight excluding hydrogens is 693 g/mol. The molecule has 49 heavy (non-hydrogen) atoms. The van der Waals surface area contributed by atoms with Gasteiger partial charge in [0.25, 0.3) is 5.91 Å². The first-order valence-corrected chi connectivity index (χ1v) is 20.5. The van der Waals surface area contributed by atoms with Gasteiger partial charge in [0.05, 0.1) is 22.6 Å². The number of likely N-dealkylation sites (tertiary alicyclic amines) is 1. The molecular formula is C34H53Cl2N5O7S. The molecule has 15 heteroatoms. The van der Waals surface area contributed by atoms with E-state index in [4.69, 9.17) is 23.2 Å². The Balaban J connectivity index is 1.36. The average molecular weight is 747 g/mol.